The van der Waals surface area contributed by atoms with Crippen LogP contribution in [-0.2, 0) is 13.1 Å². The monoisotopic (exact) mass is 372 g/mol. The second-order valence-electron chi connectivity index (χ2n) is 5.77. The second kappa shape index (κ2) is 8.06. The Hall–Kier alpha value is -2.79. The highest BCUT2D eigenvalue weighted by molar-refractivity contribution is 6.30. The molecule has 26 heavy (non-hydrogen) atoms. The lowest BCUT2D eigenvalue weighted by Crippen LogP contribution is -2.31. The summed E-state index contributed by atoms with van der Waals surface area (Å²) in [6.07, 6.45) is 1.54. The predicted molar refractivity (Wildman–Crippen MR) is 99.7 cm³/mol. The van der Waals surface area contributed by atoms with Crippen molar-refractivity contribution in [3.63, 3.8) is 0 Å². The molecule has 0 bridgehead atoms. The number of benzene rings is 2. The van der Waals surface area contributed by atoms with Crippen LogP contribution in [0.25, 0.3) is 0 Å². The molecule has 1 N–H and O–H groups in total. The number of nitrogens with one attached hydrogen (secondary N) is 1. The molecule has 0 spiro atoms. The van der Waals surface area contributed by atoms with Crippen molar-refractivity contribution in [2.75, 3.05) is 12.4 Å². The van der Waals surface area contributed by atoms with Crippen LogP contribution in [0.2, 0.25) is 5.02 Å². The molecule has 4 nitrogen and oxygen atoms in total. The fraction of sp³-hybridized carbons (Fsp3) is 0.150. The molecule has 3 rings (SSSR count). The maximum Gasteiger partial charge on any atom is 0.257 e. The van der Waals surface area contributed by atoms with E-state index in [-0.39, 0.29) is 18.7 Å². The SMILES string of the molecule is CNc1ccc(Cl)cc1CN(Cc1ccco1)C(=O)c1ccccc1F. The second-order valence-corrected chi connectivity index (χ2v) is 6.21. The molecule has 3 aromatic rings. The average molecular weight is 373 g/mol. The smallest absolute Gasteiger partial charge is 0.257 e. The van der Waals surface area contributed by atoms with Gasteiger partial charge in [-0.2, -0.15) is 0 Å². The molecule has 6 heteroatoms. The van der Waals surface area contributed by atoms with Crippen molar-refractivity contribution in [1.82, 2.24) is 4.90 Å². The van der Waals surface area contributed by atoms with Crippen molar-refractivity contribution in [3.8, 4) is 0 Å². The molecular weight excluding hydrogens is 355 g/mol. The minimum Gasteiger partial charge on any atom is -0.467 e. The minimum absolute atomic E-state index is 0.0205. The fourth-order valence-electron chi connectivity index (χ4n) is 2.74. The van der Waals surface area contributed by atoms with Crippen LogP contribution in [0.4, 0.5) is 10.1 Å². The third kappa shape index (κ3) is 4.06. The molecular formula is C20H18ClFN2O2. The Morgan fingerprint density at radius 1 is 1.15 bits per heavy atom. The van der Waals surface area contributed by atoms with Crippen molar-refractivity contribution < 1.29 is 13.6 Å². The number of nitrogens with zero attached hydrogens (tertiary/aromatic N) is 1. The van der Waals surface area contributed by atoms with Crippen molar-refractivity contribution in [3.05, 3.63) is 88.6 Å². The van der Waals surface area contributed by atoms with E-state index in [1.807, 2.05) is 6.07 Å². The van der Waals surface area contributed by atoms with E-state index in [2.05, 4.69) is 5.32 Å². The number of hydrogen-bond acceptors (Lipinski definition) is 3. The van der Waals surface area contributed by atoms with Gasteiger partial charge in [-0.25, -0.2) is 4.39 Å². The Balaban J connectivity index is 1.95. The van der Waals surface area contributed by atoms with Gasteiger partial charge in [0.05, 0.1) is 18.4 Å². The van der Waals surface area contributed by atoms with E-state index < -0.39 is 11.7 Å². The van der Waals surface area contributed by atoms with Crippen LogP contribution in [0.15, 0.2) is 65.3 Å². The van der Waals surface area contributed by atoms with E-state index in [1.54, 1.807) is 49.7 Å². The number of rotatable bonds is 6. The third-order valence-corrected chi connectivity index (χ3v) is 4.25. The number of hydrogen-bond donors (Lipinski definition) is 1. The molecule has 0 aliphatic rings. The third-order valence-electron chi connectivity index (χ3n) is 4.02. The van der Waals surface area contributed by atoms with Crippen LogP contribution in [0.5, 0.6) is 0 Å². The van der Waals surface area contributed by atoms with E-state index in [0.717, 1.165) is 11.3 Å². The first kappa shape index (κ1) is 18.0. The summed E-state index contributed by atoms with van der Waals surface area (Å²) in [5.41, 5.74) is 1.70. The van der Waals surface area contributed by atoms with Crippen molar-refractivity contribution in [2.24, 2.45) is 0 Å². The molecule has 0 aliphatic carbocycles. The van der Waals surface area contributed by atoms with Crippen LogP contribution < -0.4 is 5.32 Å². The van der Waals surface area contributed by atoms with Gasteiger partial charge in [0.2, 0.25) is 0 Å². The molecule has 0 saturated carbocycles. The first-order valence-corrected chi connectivity index (χ1v) is 8.48. The van der Waals surface area contributed by atoms with Crippen molar-refractivity contribution >= 4 is 23.2 Å². The topological polar surface area (TPSA) is 45.5 Å². The molecule has 0 unspecified atom stereocenters. The van der Waals surface area contributed by atoms with Gasteiger partial charge < -0.3 is 14.6 Å². The quantitative estimate of drug-likeness (QED) is 0.665. The van der Waals surface area contributed by atoms with Gasteiger partial charge in [-0.3, -0.25) is 4.79 Å². The van der Waals surface area contributed by atoms with Crippen LogP contribution in [0.1, 0.15) is 21.7 Å². The molecule has 0 aliphatic heterocycles. The van der Waals surface area contributed by atoms with Gasteiger partial charge in [0, 0.05) is 24.3 Å². The van der Waals surface area contributed by atoms with E-state index in [9.17, 15) is 9.18 Å². The van der Waals surface area contributed by atoms with Crippen LogP contribution in [-0.4, -0.2) is 17.9 Å². The average Bonchev–Trinajstić information content (AvgIpc) is 3.14. The molecule has 0 saturated heterocycles. The molecule has 1 aromatic heterocycles. The zero-order valence-electron chi connectivity index (χ0n) is 14.2. The van der Waals surface area contributed by atoms with Gasteiger partial charge >= 0.3 is 0 Å². The maximum absolute atomic E-state index is 14.1. The number of anilines is 1. The normalized spacial score (nSPS) is 10.6. The summed E-state index contributed by atoms with van der Waals surface area (Å²) < 4.78 is 19.5. The van der Waals surface area contributed by atoms with Crippen molar-refractivity contribution in [2.45, 2.75) is 13.1 Å². The van der Waals surface area contributed by atoms with Gasteiger partial charge in [0.15, 0.2) is 0 Å². The Kier molecular flexibility index (Phi) is 5.58. The van der Waals surface area contributed by atoms with Crippen LogP contribution >= 0.6 is 11.6 Å². The number of carbonyl (C=O) groups excluding carboxylic acids is 1. The Bertz CT molecular complexity index is 897. The van der Waals surface area contributed by atoms with Gasteiger partial charge in [0.25, 0.3) is 5.91 Å². The molecule has 1 amide bonds. The highest BCUT2D eigenvalue weighted by atomic mass is 35.5. The van der Waals surface area contributed by atoms with Crippen molar-refractivity contribution in [1.29, 1.82) is 0 Å². The van der Waals surface area contributed by atoms with E-state index in [4.69, 9.17) is 16.0 Å². The van der Waals surface area contributed by atoms with E-state index in [1.165, 1.54) is 17.0 Å². The number of carbonyl (C=O) groups is 1. The largest absolute Gasteiger partial charge is 0.467 e. The summed E-state index contributed by atoms with van der Waals surface area (Å²) in [6, 6.07) is 14.9. The summed E-state index contributed by atoms with van der Waals surface area (Å²) in [6.45, 7) is 0.473. The van der Waals surface area contributed by atoms with E-state index >= 15 is 0 Å². The summed E-state index contributed by atoms with van der Waals surface area (Å²) in [4.78, 5) is 14.5. The molecule has 0 radical (unpaired) electrons. The Morgan fingerprint density at radius 3 is 2.65 bits per heavy atom. The number of halogens is 2. The summed E-state index contributed by atoms with van der Waals surface area (Å²) >= 11 is 6.11. The molecule has 0 fully saturated rings. The number of furan rings is 1. The lowest BCUT2D eigenvalue weighted by Gasteiger charge is -2.23. The fourth-order valence-corrected chi connectivity index (χ4v) is 2.93. The highest BCUT2D eigenvalue weighted by Crippen LogP contribution is 2.24. The highest BCUT2D eigenvalue weighted by Gasteiger charge is 2.21. The zero-order chi connectivity index (χ0) is 18.5. The molecule has 0 atom stereocenters. The standard InChI is InChI=1S/C20H18ClFN2O2/c1-23-19-9-8-15(21)11-14(19)12-24(13-16-5-4-10-26-16)20(25)17-6-2-3-7-18(17)22/h2-11,23H,12-13H2,1H3. The Labute approximate surface area is 156 Å². The first-order valence-electron chi connectivity index (χ1n) is 8.11. The molecule has 1 heterocycles. The van der Waals surface area contributed by atoms with Gasteiger partial charge in [0.1, 0.15) is 11.6 Å². The van der Waals surface area contributed by atoms with Gasteiger partial charge in [-0.1, -0.05) is 23.7 Å². The lowest BCUT2D eigenvalue weighted by atomic mass is 10.1. The lowest BCUT2D eigenvalue weighted by molar-refractivity contribution is 0.0713. The molecule has 2 aromatic carbocycles. The summed E-state index contributed by atoms with van der Waals surface area (Å²) in [5.74, 6) is -0.355. The minimum atomic E-state index is -0.554. The maximum atomic E-state index is 14.1. The Morgan fingerprint density at radius 2 is 1.96 bits per heavy atom. The summed E-state index contributed by atoms with van der Waals surface area (Å²) in [5, 5.41) is 3.65. The first-order chi connectivity index (χ1) is 12.6. The number of amides is 1. The van der Waals surface area contributed by atoms with Crippen LogP contribution in [0, 0.1) is 5.82 Å². The van der Waals surface area contributed by atoms with Gasteiger partial charge in [-0.15, -0.1) is 0 Å². The predicted octanol–water partition coefficient (Wildman–Crippen LogP) is 4.96. The van der Waals surface area contributed by atoms with Crippen LogP contribution in [0.3, 0.4) is 0 Å². The van der Waals surface area contributed by atoms with E-state index in [0.29, 0.717) is 10.8 Å². The summed E-state index contributed by atoms with van der Waals surface area (Å²) in [7, 11) is 1.79. The molecule has 134 valence electrons. The zero-order valence-corrected chi connectivity index (χ0v) is 15.0. The van der Waals surface area contributed by atoms with Gasteiger partial charge in [-0.05, 0) is 48.0 Å².